The lowest BCUT2D eigenvalue weighted by atomic mass is 10.1. The van der Waals surface area contributed by atoms with Crippen LogP contribution in [-0.4, -0.2) is 13.2 Å². The van der Waals surface area contributed by atoms with Crippen molar-refractivity contribution in [2.75, 3.05) is 13.2 Å². The van der Waals surface area contributed by atoms with Gasteiger partial charge in [0.15, 0.2) is 0 Å². The van der Waals surface area contributed by atoms with Gasteiger partial charge in [-0.15, -0.1) is 0 Å². The highest BCUT2D eigenvalue weighted by Crippen LogP contribution is 2.09. The van der Waals surface area contributed by atoms with Gasteiger partial charge >= 0.3 is 0 Å². The van der Waals surface area contributed by atoms with Crippen LogP contribution < -0.4 is 11.0 Å². The van der Waals surface area contributed by atoms with E-state index in [4.69, 9.17) is 9.68 Å². The second-order valence-corrected chi connectivity index (χ2v) is 6.33. The van der Waals surface area contributed by atoms with Gasteiger partial charge in [0.25, 0.3) is 0 Å². The molecule has 2 rings (SSSR count). The zero-order valence-electron chi connectivity index (χ0n) is 15.1. The number of aryl methyl sites for hydroxylation is 4. The molecule has 4 heteroatoms. The average Bonchev–Trinajstić information content (AvgIpc) is 2.48. The van der Waals surface area contributed by atoms with Crippen molar-refractivity contribution in [2.24, 2.45) is 0 Å². The molecule has 0 saturated heterocycles. The van der Waals surface area contributed by atoms with Gasteiger partial charge in [-0.2, -0.15) is 11.0 Å². The molecule has 0 spiro atoms. The average molecular weight is 328 g/mol. The third kappa shape index (κ3) is 6.81. The molecule has 0 aromatic heterocycles. The number of benzene rings is 2. The lowest BCUT2D eigenvalue weighted by Crippen LogP contribution is -2.21. The topological polar surface area (TPSA) is 42.5 Å². The van der Waals surface area contributed by atoms with Gasteiger partial charge < -0.3 is 0 Å². The SMILES string of the molecule is Cc1cc(C)cc(CNOCCONCc2cc(C)cc(C)c2)c1. The van der Waals surface area contributed by atoms with Gasteiger partial charge in [-0.1, -0.05) is 58.7 Å². The minimum Gasteiger partial charge on any atom is -0.299 e. The summed E-state index contributed by atoms with van der Waals surface area (Å²) >= 11 is 0. The highest BCUT2D eigenvalue weighted by Gasteiger charge is 1.98. The predicted octanol–water partition coefficient (Wildman–Crippen LogP) is 3.66. The Morgan fingerprint density at radius 1 is 0.583 bits per heavy atom. The Balaban J connectivity index is 1.55. The van der Waals surface area contributed by atoms with Crippen molar-refractivity contribution in [3.05, 3.63) is 69.8 Å². The Kier molecular flexibility index (Phi) is 7.40. The minimum atomic E-state index is 0.491. The van der Waals surface area contributed by atoms with Crippen molar-refractivity contribution in [1.29, 1.82) is 0 Å². The maximum Gasteiger partial charge on any atom is 0.0936 e. The molecular weight excluding hydrogens is 300 g/mol. The highest BCUT2D eigenvalue weighted by atomic mass is 16.7. The minimum absolute atomic E-state index is 0.491. The molecule has 0 radical (unpaired) electrons. The molecular formula is C20H28N2O2. The third-order valence-electron chi connectivity index (χ3n) is 3.61. The molecule has 0 bridgehead atoms. The van der Waals surface area contributed by atoms with E-state index in [1.165, 1.54) is 33.4 Å². The summed E-state index contributed by atoms with van der Waals surface area (Å²) in [6.07, 6.45) is 0. The van der Waals surface area contributed by atoms with Crippen LogP contribution in [0.2, 0.25) is 0 Å². The van der Waals surface area contributed by atoms with Gasteiger partial charge in [-0.05, 0) is 38.8 Å². The number of rotatable bonds is 9. The van der Waals surface area contributed by atoms with Crippen LogP contribution in [0.3, 0.4) is 0 Å². The van der Waals surface area contributed by atoms with E-state index in [9.17, 15) is 0 Å². The summed E-state index contributed by atoms with van der Waals surface area (Å²) in [7, 11) is 0. The Bertz CT molecular complexity index is 558. The first-order chi connectivity index (χ1) is 11.5. The van der Waals surface area contributed by atoms with Crippen LogP contribution in [0.5, 0.6) is 0 Å². The summed E-state index contributed by atoms with van der Waals surface area (Å²) in [5, 5.41) is 0. The summed E-state index contributed by atoms with van der Waals surface area (Å²) in [6, 6.07) is 13.0. The molecule has 24 heavy (non-hydrogen) atoms. The van der Waals surface area contributed by atoms with Crippen molar-refractivity contribution in [3.8, 4) is 0 Å². The molecule has 2 aromatic carbocycles. The maximum atomic E-state index is 5.39. The van der Waals surface area contributed by atoms with E-state index in [0.29, 0.717) is 26.3 Å². The summed E-state index contributed by atoms with van der Waals surface area (Å²) in [5.41, 5.74) is 13.5. The first-order valence-electron chi connectivity index (χ1n) is 8.36. The van der Waals surface area contributed by atoms with Crippen LogP contribution in [0.4, 0.5) is 0 Å². The van der Waals surface area contributed by atoms with E-state index in [0.717, 1.165) is 0 Å². The van der Waals surface area contributed by atoms with Crippen molar-refractivity contribution in [1.82, 2.24) is 11.0 Å². The fourth-order valence-electron chi connectivity index (χ4n) is 2.84. The molecule has 0 fully saturated rings. The molecule has 0 aliphatic carbocycles. The molecule has 0 amide bonds. The van der Waals surface area contributed by atoms with Gasteiger partial charge in [0.1, 0.15) is 0 Å². The smallest absolute Gasteiger partial charge is 0.0936 e. The fourth-order valence-corrected chi connectivity index (χ4v) is 2.84. The molecule has 2 aromatic rings. The van der Waals surface area contributed by atoms with Crippen LogP contribution in [0.1, 0.15) is 33.4 Å². The second kappa shape index (κ2) is 9.55. The lowest BCUT2D eigenvalue weighted by Gasteiger charge is -2.09. The molecule has 0 saturated carbocycles. The van der Waals surface area contributed by atoms with E-state index in [-0.39, 0.29) is 0 Å². The molecule has 4 nitrogen and oxygen atoms in total. The number of hydrogen-bond acceptors (Lipinski definition) is 4. The monoisotopic (exact) mass is 328 g/mol. The molecule has 130 valence electrons. The van der Waals surface area contributed by atoms with Gasteiger partial charge in [0.05, 0.1) is 13.2 Å². The lowest BCUT2D eigenvalue weighted by molar-refractivity contribution is -0.0398. The zero-order chi connectivity index (χ0) is 17.4. The largest absolute Gasteiger partial charge is 0.299 e. The molecule has 0 atom stereocenters. The maximum absolute atomic E-state index is 5.39. The van der Waals surface area contributed by atoms with Gasteiger partial charge in [-0.25, -0.2) is 0 Å². The van der Waals surface area contributed by atoms with E-state index < -0.39 is 0 Å². The van der Waals surface area contributed by atoms with E-state index in [2.05, 4.69) is 75.1 Å². The van der Waals surface area contributed by atoms with Gasteiger partial charge in [0, 0.05) is 13.1 Å². The van der Waals surface area contributed by atoms with Crippen LogP contribution in [0.25, 0.3) is 0 Å². The molecule has 2 N–H and O–H groups in total. The van der Waals surface area contributed by atoms with Crippen molar-refractivity contribution in [3.63, 3.8) is 0 Å². The summed E-state index contributed by atoms with van der Waals surface area (Å²) in [6.45, 7) is 10.8. The summed E-state index contributed by atoms with van der Waals surface area (Å²) in [4.78, 5) is 10.8. The number of nitrogens with one attached hydrogen (secondary N) is 2. The van der Waals surface area contributed by atoms with Crippen LogP contribution in [0.15, 0.2) is 36.4 Å². The normalized spacial score (nSPS) is 11.0. The fraction of sp³-hybridized carbons (Fsp3) is 0.400. The first-order valence-corrected chi connectivity index (χ1v) is 8.36. The highest BCUT2D eigenvalue weighted by molar-refractivity contribution is 5.29. The van der Waals surface area contributed by atoms with Crippen molar-refractivity contribution in [2.45, 2.75) is 40.8 Å². The Hall–Kier alpha value is -1.72. The standard InChI is InChI=1S/C20H28N2O2/c1-15-7-16(2)10-19(9-15)13-21-23-5-6-24-22-14-20-11-17(3)8-18(4)12-20/h7-12,21-22H,5-6,13-14H2,1-4H3. The molecule has 0 aliphatic heterocycles. The summed E-state index contributed by atoms with van der Waals surface area (Å²) in [5.74, 6) is 0. The molecule has 0 unspecified atom stereocenters. The Morgan fingerprint density at radius 3 is 1.25 bits per heavy atom. The van der Waals surface area contributed by atoms with Crippen molar-refractivity contribution >= 4 is 0 Å². The second-order valence-electron chi connectivity index (χ2n) is 6.33. The molecule has 0 heterocycles. The third-order valence-corrected chi connectivity index (χ3v) is 3.61. The molecule has 0 aliphatic rings. The van der Waals surface area contributed by atoms with Crippen molar-refractivity contribution < 1.29 is 9.68 Å². The Morgan fingerprint density at radius 2 is 0.917 bits per heavy atom. The predicted molar refractivity (Wildman–Crippen MR) is 97.4 cm³/mol. The first kappa shape index (κ1) is 18.6. The van der Waals surface area contributed by atoms with Crippen LogP contribution in [-0.2, 0) is 22.8 Å². The van der Waals surface area contributed by atoms with Crippen LogP contribution in [0, 0.1) is 27.7 Å². The van der Waals surface area contributed by atoms with E-state index in [1.807, 2.05) is 0 Å². The Labute approximate surface area is 145 Å². The number of hydrogen-bond donors (Lipinski definition) is 2. The van der Waals surface area contributed by atoms with Gasteiger partial charge in [0.2, 0.25) is 0 Å². The van der Waals surface area contributed by atoms with Gasteiger partial charge in [-0.3, -0.25) is 9.68 Å². The zero-order valence-corrected chi connectivity index (χ0v) is 15.1. The summed E-state index contributed by atoms with van der Waals surface area (Å²) < 4.78 is 0. The van der Waals surface area contributed by atoms with Crippen LogP contribution >= 0.6 is 0 Å². The van der Waals surface area contributed by atoms with E-state index in [1.54, 1.807) is 0 Å². The quantitative estimate of drug-likeness (QED) is 0.544. The number of hydroxylamine groups is 2. The van der Waals surface area contributed by atoms with E-state index >= 15 is 0 Å².